The molecule has 1 aliphatic heterocycles. The van der Waals surface area contributed by atoms with Crippen LogP contribution in [0.1, 0.15) is 35.8 Å². The van der Waals surface area contributed by atoms with Gasteiger partial charge in [-0.3, -0.25) is 0 Å². The summed E-state index contributed by atoms with van der Waals surface area (Å²) in [7, 11) is -3.28. The van der Waals surface area contributed by atoms with E-state index in [4.69, 9.17) is 0 Å². The summed E-state index contributed by atoms with van der Waals surface area (Å²) in [5, 5.41) is 3.21. The van der Waals surface area contributed by atoms with Crippen molar-refractivity contribution < 1.29 is 13.2 Å². The highest BCUT2D eigenvalue weighted by Crippen LogP contribution is 2.54. The van der Waals surface area contributed by atoms with E-state index in [-0.39, 0.29) is 30.0 Å². The van der Waals surface area contributed by atoms with E-state index in [1.54, 1.807) is 4.90 Å². The fourth-order valence-electron chi connectivity index (χ4n) is 4.46. The lowest BCUT2D eigenvalue weighted by atomic mass is 10.0. The molecule has 0 spiro atoms. The number of carbonyl (C=O) groups is 1. The number of rotatable bonds is 5. The molecule has 29 heavy (non-hydrogen) atoms. The molecule has 154 valence electrons. The minimum Gasteiger partial charge on any atom is -0.334 e. The Balaban J connectivity index is 1.46. The largest absolute Gasteiger partial charge is 0.334 e. The third-order valence-corrected chi connectivity index (χ3v) is 6.53. The minimum atomic E-state index is -3.28. The smallest absolute Gasteiger partial charge is 0.317 e. The van der Waals surface area contributed by atoms with Gasteiger partial charge in [0.2, 0.25) is 10.0 Å². The first kappa shape index (κ1) is 19.9. The maximum absolute atomic E-state index is 13.0. The van der Waals surface area contributed by atoms with E-state index < -0.39 is 10.0 Å². The van der Waals surface area contributed by atoms with Gasteiger partial charge in [0.15, 0.2) is 0 Å². The first-order valence-corrected chi connectivity index (χ1v) is 11.9. The Bertz CT molecular complexity index is 904. The summed E-state index contributed by atoms with van der Waals surface area (Å²) in [4.78, 5) is 14.7. The summed E-state index contributed by atoms with van der Waals surface area (Å²) in [5.74, 6) is 0.495. The monoisotopic (exact) mass is 413 g/mol. The number of piperidine rings is 1. The van der Waals surface area contributed by atoms with Crippen molar-refractivity contribution >= 4 is 16.1 Å². The second-order valence-corrected chi connectivity index (χ2v) is 9.80. The van der Waals surface area contributed by atoms with Crippen molar-refractivity contribution in [2.24, 2.45) is 0 Å². The van der Waals surface area contributed by atoms with Gasteiger partial charge in [0.25, 0.3) is 0 Å². The molecular formula is C22H27N3O3S. The summed E-state index contributed by atoms with van der Waals surface area (Å²) in [5.41, 5.74) is 2.45. The van der Waals surface area contributed by atoms with Gasteiger partial charge < -0.3 is 10.2 Å². The van der Waals surface area contributed by atoms with Crippen LogP contribution in [-0.2, 0) is 10.0 Å². The van der Waals surface area contributed by atoms with Crippen molar-refractivity contribution in [1.29, 1.82) is 0 Å². The number of sulfonamides is 1. The third-order valence-electron chi connectivity index (χ3n) is 5.77. The quantitative estimate of drug-likeness (QED) is 0.791. The SMILES string of the molecule is CS(=O)(=O)N[C@@H]1CCCN(C(=O)NC2[C@@H](c3ccccc3)[C@H]2c2ccccc2)C1. The topological polar surface area (TPSA) is 78.5 Å². The molecule has 0 radical (unpaired) electrons. The molecule has 2 aromatic carbocycles. The van der Waals surface area contributed by atoms with E-state index in [1.807, 2.05) is 36.4 Å². The summed E-state index contributed by atoms with van der Waals surface area (Å²) in [6.45, 7) is 1.05. The van der Waals surface area contributed by atoms with Gasteiger partial charge >= 0.3 is 6.03 Å². The summed E-state index contributed by atoms with van der Waals surface area (Å²) in [6, 6.07) is 20.3. The maximum atomic E-state index is 13.0. The van der Waals surface area contributed by atoms with Crippen molar-refractivity contribution in [2.45, 2.75) is 36.8 Å². The molecule has 1 aliphatic carbocycles. The van der Waals surface area contributed by atoms with E-state index in [2.05, 4.69) is 34.3 Å². The third kappa shape index (κ3) is 4.79. The Labute approximate surface area is 172 Å². The highest BCUT2D eigenvalue weighted by molar-refractivity contribution is 7.88. The molecule has 0 bridgehead atoms. The summed E-state index contributed by atoms with van der Waals surface area (Å²) in [6.07, 6.45) is 2.69. The summed E-state index contributed by atoms with van der Waals surface area (Å²) >= 11 is 0. The molecule has 1 saturated heterocycles. The van der Waals surface area contributed by atoms with Gasteiger partial charge in [-0.25, -0.2) is 17.9 Å². The molecule has 4 atom stereocenters. The van der Waals surface area contributed by atoms with Gasteiger partial charge in [0.05, 0.1) is 6.26 Å². The van der Waals surface area contributed by atoms with E-state index in [0.29, 0.717) is 13.1 Å². The molecule has 2 fully saturated rings. The average Bonchev–Trinajstić information content (AvgIpc) is 3.42. The number of hydrogen-bond acceptors (Lipinski definition) is 3. The van der Waals surface area contributed by atoms with Crippen molar-refractivity contribution in [3.8, 4) is 0 Å². The second kappa shape index (κ2) is 8.16. The van der Waals surface area contributed by atoms with Crippen LogP contribution in [0, 0.1) is 0 Å². The van der Waals surface area contributed by atoms with Crippen molar-refractivity contribution in [3.63, 3.8) is 0 Å². The van der Waals surface area contributed by atoms with Crippen LogP contribution < -0.4 is 10.0 Å². The number of urea groups is 1. The first-order valence-electron chi connectivity index (χ1n) is 10.0. The molecule has 2 N–H and O–H groups in total. The highest BCUT2D eigenvalue weighted by Gasteiger charge is 2.53. The van der Waals surface area contributed by atoms with Crippen LogP contribution in [0.3, 0.4) is 0 Å². The first-order chi connectivity index (χ1) is 13.9. The fraction of sp³-hybridized carbons (Fsp3) is 0.409. The maximum Gasteiger partial charge on any atom is 0.317 e. The Morgan fingerprint density at radius 1 is 0.966 bits per heavy atom. The van der Waals surface area contributed by atoms with Gasteiger partial charge in [-0.15, -0.1) is 0 Å². The zero-order valence-electron chi connectivity index (χ0n) is 16.5. The number of likely N-dealkylation sites (tertiary alicyclic amines) is 1. The molecule has 2 aromatic rings. The molecule has 0 aromatic heterocycles. The zero-order valence-corrected chi connectivity index (χ0v) is 17.3. The van der Waals surface area contributed by atoms with E-state index >= 15 is 0 Å². The van der Waals surface area contributed by atoms with Crippen LogP contribution in [0.15, 0.2) is 60.7 Å². The van der Waals surface area contributed by atoms with E-state index in [9.17, 15) is 13.2 Å². The fourth-order valence-corrected chi connectivity index (χ4v) is 5.26. The Kier molecular flexibility index (Phi) is 5.61. The molecule has 1 saturated carbocycles. The Morgan fingerprint density at radius 3 is 2.03 bits per heavy atom. The zero-order chi connectivity index (χ0) is 20.4. The van der Waals surface area contributed by atoms with Gasteiger partial charge in [0, 0.05) is 37.0 Å². The molecule has 2 amide bonds. The van der Waals surface area contributed by atoms with Crippen LogP contribution in [0.4, 0.5) is 4.79 Å². The van der Waals surface area contributed by atoms with Crippen molar-refractivity contribution in [1.82, 2.24) is 14.9 Å². The van der Waals surface area contributed by atoms with Crippen LogP contribution in [0.2, 0.25) is 0 Å². The van der Waals surface area contributed by atoms with Crippen LogP contribution in [0.5, 0.6) is 0 Å². The van der Waals surface area contributed by atoms with Crippen LogP contribution in [-0.4, -0.2) is 50.8 Å². The van der Waals surface area contributed by atoms with Crippen molar-refractivity contribution in [2.75, 3.05) is 19.3 Å². The number of carbonyl (C=O) groups excluding carboxylic acids is 1. The van der Waals surface area contributed by atoms with Crippen LogP contribution in [0.25, 0.3) is 0 Å². The Morgan fingerprint density at radius 2 is 1.52 bits per heavy atom. The normalized spacial score (nSPS) is 26.7. The van der Waals surface area contributed by atoms with E-state index in [0.717, 1.165) is 19.1 Å². The number of nitrogens with one attached hydrogen (secondary N) is 2. The molecule has 1 unspecified atom stereocenters. The second-order valence-electron chi connectivity index (χ2n) is 8.02. The molecule has 4 rings (SSSR count). The molecule has 7 heteroatoms. The van der Waals surface area contributed by atoms with E-state index in [1.165, 1.54) is 11.1 Å². The van der Waals surface area contributed by atoms with Gasteiger partial charge in [0.1, 0.15) is 0 Å². The molecular weight excluding hydrogens is 386 g/mol. The number of amides is 2. The number of hydrogen-bond donors (Lipinski definition) is 2. The average molecular weight is 414 g/mol. The Hall–Kier alpha value is -2.38. The predicted octanol–water partition coefficient (Wildman–Crippen LogP) is 2.66. The van der Waals surface area contributed by atoms with Crippen molar-refractivity contribution in [3.05, 3.63) is 71.8 Å². The van der Waals surface area contributed by atoms with Gasteiger partial charge in [-0.05, 0) is 24.0 Å². The standard InChI is InChI=1S/C22H27N3O3S/c1-29(27,28)24-18-13-8-14-25(15-18)22(26)23-21-19(16-9-4-2-5-10-16)20(21)17-11-6-3-7-12-17/h2-7,9-12,18-21,24H,8,13-15H2,1H3,(H,23,26)/t18-,19-,20+,21?/m1/s1. The highest BCUT2D eigenvalue weighted by atomic mass is 32.2. The van der Waals surface area contributed by atoms with Gasteiger partial charge in [-0.1, -0.05) is 60.7 Å². The minimum absolute atomic E-state index is 0.0375. The molecule has 1 heterocycles. The van der Waals surface area contributed by atoms with Crippen LogP contribution >= 0.6 is 0 Å². The summed E-state index contributed by atoms with van der Waals surface area (Å²) < 4.78 is 25.7. The molecule has 2 aliphatic rings. The number of nitrogens with zero attached hydrogens (tertiary/aromatic N) is 1. The lowest BCUT2D eigenvalue weighted by molar-refractivity contribution is 0.176. The lowest BCUT2D eigenvalue weighted by Gasteiger charge is -2.32. The molecule has 6 nitrogen and oxygen atoms in total. The lowest BCUT2D eigenvalue weighted by Crippen LogP contribution is -2.52. The van der Waals surface area contributed by atoms with Gasteiger partial charge in [-0.2, -0.15) is 0 Å². The predicted molar refractivity (Wildman–Crippen MR) is 113 cm³/mol. The number of benzene rings is 2.